The van der Waals surface area contributed by atoms with Crippen LogP contribution in [0.4, 0.5) is 0 Å². The van der Waals surface area contributed by atoms with E-state index in [0.717, 1.165) is 56.9 Å². The van der Waals surface area contributed by atoms with Crippen molar-refractivity contribution in [1.82, 2.24) is 4.90 Å². The quantitative estimate of drug-likeness (QED) is 0.0189. The van der Waals surface area contributed by atoms with Crippen molar-refractivity contribution in [3.05, 3.63) is 36.0 Å². The predicted octanol–water partition coefficient (Wildman–Crippen LogP) is 18.4. The minimum Gasteiger partial charge on any atom is -0.462 e. The Bertz CT molecular complexity index is 2570. The van der Waals surface area contributed by atoms with Crippen LogP contribution in [0.15, 0.2) is 36.0 Å². The number of hydrogen-bond donors (Lipinski definition) is 2. The summed E-state index contributed by atoms with van der Waals surface area (Å²) >= 11 is 0. The van der Waals surface area contributed by atoms with Crippen LogP contribution in [-0.4, -0.2) is 152 Å². The van der Waals surface area contributed by atoms with Gasteiger partial charge >= 0.3 is 23.9 Å². The third-order valence-electron chi connectivity index (χ3n) is 23.7. The zero-order valence-corrected chi connectivity index (χ0v) is 68.1. The molecule has 18 heteroatoms. The van der Waals surface area contributed by atoms with Crippen LogP contribution >= 0.6 is 0 Å². The van der Waals surface area contributed by atoms with Gasteiger partial charge in [0.1, 0.15) is 42.5 Å². The molecule has 2 aliphatic heterocycles. The van der Waals surface area contributed by atoms with Gasteiger partial charge in [0.05, 0.1) is 24.4 Å². The summed E-state index contributed by atoms with van der Waals surface area (Å²) in [6, 6.07) is -1.15. The molecule has 4 rings (SSSR count). The molecule has 18 nitrogen and oxygen atoms in total. The standard InChI is InChI=1S/C88H149NO17/c1-12-15-17-19-21-23-25-27-29-31-33-35-39-47-81(93)103-62-73(63-104-82(94)48-40-36-34-32-30-28-26-24-22-20-18-16-13-2)105-83(95)49-41-37-38-45-72(90)59-71-51-50-69(58-78(71)100-9)56-66(6)84-68(8)76(91)60-77(92)70(44-14-3)54-64(4)53-65(5)55-79(101-10)74-61-88(99,67(7)57-80(74)102-11)85(96)86(97)89-52-43-42-46-75(89)87(98)106-84/h14,54,56,65,67-71,73-76,78-80,84,91,99H,3,12-13,15-53,55,57-63H2,1-2,4-11H3/b64-54+,66-56+/t65-,67+,68+,69-,70+,71-,74?,75-,76-,78+,79-,80-,84?,88-/m0/s1. The van der Waals surface area contributed by atoms with Gasteiger partial charge in [-0.25, -0.2) is 4.79 Å². The number of cyclic esters (lactones) is 1. The molecule has 2 N–H and O–H groups in total. The van der Waals surface area contributed by atoms with Gasteiger partial charge in [0.15, 0.2) is 6.10 Å². The summed E-state index contributed by atoms with van der Waals surface area (Å²) in [5.41, 5.74) is -0.443. The lowest BCUT2D eigenvalue weighted by Gasteiger charge is -2.47. The lowest BCUT2D eigenvalue weighted by molar-refractivity contribution is -0.178. The van der Waals surface area contributed by atoms with E-state index in [2.05, 4.69) is 27.4 Å². The SMILES string of the molecule is C=CC[C@@H]1/C=C(\C)C[C@H](C)C[C@H](OC)C2C[C@@](O)(C(=O)C(=O)N3CCCC[C@H]3C(=O)OC(/C(C)=C/[C@@H]3CC[C@@H](CC(=O)CCCCCC(=O)OC(COC(=O)CCCCCCCCCCCCCCC)COC(=O)CCCCCCCCCCCCCCC)[C@H](OC)C3)[C@H](C)[C@@H](O)CC1=O)[C@H](C)C[C@@H]2OC. The second-order valence-electron chi connectivity index (χ2n) is 32.7. The molecule has 0 radical (unpaired) electrons. The van der Waals surface area contributed by atoms with Crippen LogP contribution in [-0.2, 0) is 71.5 Å². The molecule has 2 saturated carbocycles. The number of piperidine rings is 1. The summed E-state index contributed by atoms with van der Waals surface area (Å²) in [6.45, 7) is 17.6. The highest BCUT2D eigenvalue weighted by atomic mass is 16.6. The molecule has 2 unspecified atom stereocenters. The van der Waals surface area contributed by atoms with Gasteiger partial charge in [-0.2, -0.15) is 0 Å². The fraction of sp³-hybridized carbons (Fsp3) is 0.841. The number of unbranched alkanes of at least 4 members (excludes halogenated alkanes) is 26. The van der Waals surface area contributed by atoms with Gasteiger partial charge in [-0.3, -0.25) is 33.6 Å². The molecule has 0 aromatic heterocycles. The van der Waals surface area contributed by atoms with E-state index < -0.39 is 83.4 Å². The number of carbonyl (C=O) groups excluding carboxylic acids is 8. The maximum atomic E-state index is 14.8. The Morgan fingerprint density at radius 3 is 1.64 bits per heavy atom. The molecule has 2 aliphatic carbocycles. The number of allylic oxidation sites excluding steroid dienone is 4. The molecule has 3 fully saturated rings. The first-order valence-corrected chi connectivity index (χ1v) is 42.6. The van der Waals surface area contributed by atoms with Crippen molar-refractivity contribution in [2.24, 2.45) is 41.4 Å². The van der Waals surface area contributed by atoms with Crippen LogP contribution in [0.3, 0.4) is 0 Å². The van der Waals surface area contributed by atoms with Gasteiger partial charge < -0.3 is 48.3 Å². The minimum absolute atomic E-state index is 0.0500. The molecule has 608 valence electrons. The van der Waals surface area contributed by atoms with Crippen molar-refractivity contribution in [2.45, 2.75) is 392 Å². The Morgan fingerprint density at radius 1 is 0.632 bits per heavy atom. The summed E-state index contributed by atoms with van der Waals surface area (Å²) in [5, 5.41) is 24.6. The third-order valence-corrected chi connectivity index (χ3v) is 23.7. The molecule has 1 amide bonds. The number of Topliss-reactive ketones (excluding diaryl/α,β-unsaturated/α-hetero) is 3. The number of hydrogen-bond acceptors (Lipinski definition) is 17. The number of rotatable bonds is 48. The van der Waals surface area contributed by atoms with Crippen molar-refractivity contribution in [3.8, 4) is 0 Å². The van der Waals surface area contributed by atoms with Crippen LogP contribution < -0.4 is 0 Å². The maximum Gasteiger partial charge on any atom is 0.329 e. The average Bonchev–Trinajstić information content (AvgIpc) is 0.777. The van der Waals surface area contributed by atoms with Crippen LogP contribution in [0.5, 0.6) is 0 Å². The van der Waals surface area contributed by atoms with E-state index in [0.29, 0.717) is 95.5 Å². The second-order valence-corrected chi connectivity index (χ2v) is 32.7. The molecule has 106 heavy (non-hydrogen) atoms. The Hall–Kier alpha value is -4.62. The first-order chi connectivity index (χ1) is 51.0. The lowest BCUT2D eigenvalue weighted by Crippen LogP contribution is -2.61. The number of fused-ring (bicyclic) bond motifs is 3. The molecule has 0 aromatic rings. The minimum atomic E-state index is -2.06. The summed E-state index contributed by atoms with van der Waals surface area (Å²) in [7, 11) is 4.85. The van der Waals surface area contributed by atoms with E-state index in [1.165, 1.54) is 120 Å². The smallest absolute Gasteiger partial charge is 0.329 e. The van der Waals surface area contributed by atoms with E-state index in [4.69, 9.17) is 33.2 Å². The number of ketones is 3. The number of amides is 1. The van der Waals surface area contributed by atoms with Gasteiger partial charge in [0.2, 0.25) is 0 Å². The predicted molar refractivity (Wildman–Crippen MR) is 418 cm³/mol. The van der Waals surface area contributed by atoms with Crippen LogP contribution in [0, 0.1) is 41.4 Å². The number of esters is 4. The van der Waals surface area contributed by atoms with Crippen LogP contribution in [0.1, 0.15) is 344 Å². The molecule has 14 atom stereocenters. The highest BCUT2D eigenvalue weighted by Gasteiger charge is 2.55. The van der Waals surface area contributed by atoms with E-state index in [1.807, 2.05) is 26.0 Å². The number of methoxy groups -OCH3 is 3. The third kappa shape index (κ3) is 35.2. The molecule has 0 aromatic carbocycles. The number of aliphatic hydroxyl groups excluding tert-OH is 1. The molecule has 4 aliphatic rings. The van der Waals surface area contributed by atoms with Gasteiger partial charge in [0.25, 0.3) is 11.7 Å². The molecular weight excluding hydrogens is 1340 g/mol. The Balaban J connectivity index is 1.35. The summed E-state index contributed by atoms with van der Waals surface area (Å²) in [6.07, 6.45) is 40.4. The summed E-state index contributed by atoms with van der Waals surface area (Å²) < 4.78 is 41.7. The Kier molecular flexibility index (Phi) is 47.8. The van der Waals surface area contributed by atoms with Crippen LogP contribution in [0.2, 0.25) is 0 Å². The number of aliphatic hydroxyl groups is 2. The van der Waals surface area contributed by atoms with Crippen molar-refractivity contribution in [2.75, 3.05) is 41.1 Å². The Labute approximate surface area is 641 Å². The lowest BCUT2D eigenvalue weighted by atomic mass is 9.65. The highest BCUT2D eigenvalue weighted by Crippen LogP contribution is 2.44. The number of ether oxygens (including phenoxy) is 7. The highest BCUT2D eigenvalue weighted by molar-refractivity contribution is 6.39. The van der Waals surface area contributed by atoms with Gasteiger partial charge in [-0.15, -0.1) is 6.58 Å². The Morgan fingerprint density at radius 2 is 1.12 bits per heavy atom. The van der Waals surface area contributed by atoms with E-state index in [1.54, 1.807) is 41.3 Å². The molecule has 2 heterocycles. The van der Waals surface area contributed by atoms with Gasteiger partial charge in [0, 0.05) is 84.2 Å². The molecule has 2 bridgehead atoms. The monoisotopic (exact) mass is 1490 g/mol. The molecular formula is C88H149NO17. The molecule has 1 saturated heterocycles. The van der Waals surface area contributed by atoms with Gasteiger partial charge in [-0.05, 0) is 139 Å². The zero-order chi connectivity index (χ0) is 77.7. The fourth-order valence-corrected chi connectivity index (χ4v) is 17.0. The summed E-state index contributed by atoms with van der Waals surface area (Å²) in [4.78, 5) is 113. The topological polar surface area (TPSA) is 245 Å². The normalized spacial score (nSPS) is 27.4. The number of nitrogens with zero attached hydrogens (tertiary/aromatic N) is 1. The van der Waals surface area contributed by atoms with Crippen molar-refractivity contribution in [3.63, 3.8) is 0 Å². The second kappa shape index (κ2) is 54.1. The first-order valence-electron chi connectivity index (χ1n) is 42.6. The van der Waals surface area contributed by atoms with E-state index in [-0.39, 0.29) is 112 Å². The fourth-order valence-electron chi connectivity index (χ4n) is 17.0. The first kappa shape index (κ1) is 93.8. The maximum absolute atomic E-state index is 14.8. The van der Waals surface area contributed by atoms with Gasteiger partial charge in [-0.1, -0.05) is 219 Å². The van der Waals surface area contributed by atoms with Crippen molar-refractivity contribution in [1.29, 1.82) is 0 Å². The van der Waals surface area contributed by atoms with E-state index in [9.17, 15) is 48.6 Å². The molecule has 0 spiro atoms. The van der Waals surface area contributed by atoms with Crippen molar-refractivity contribution < 1.29 is 81.7 Å². The number of carbonyl (C=O) groups is 8. The average molecular weight is 1490 g/mol. The largest absolute Gasteiger partial charge is 0.462 e. The zero-order valence-electron chi connectivity index (χ0n) is 68.1. The summed E-state index contributed by atoms with van der Waals surface area (Å²) in [5.74, 6) is -6.47. The van der Waals surface area contributed by atoms with E-state index >= 15 is 0 Å². The van der Waals surface area contributed by atoms with Crippen LogP contribution in [0.25, 0.3) is 0 Å². The van der Waals surface area contributed by atoms with Crippen molar-refractivity contribution >= 4 is 47.1 Å².